The first-order valence-corrected chi connectivity index (χ1v) is 5.94. The van der Waals surface area contributed by atoms with Gasteiger partial charge in [0.15, 0.2) is 11.6 Å². The summed E-state index contributed by atoms with van der Waals surface area (Å²) in [7, 11) is 0. The molecule has 1 aromatic heterocycles. The van der Waals surface area contributed by atoms with Crippen LogP contribution in [0.3, 0.4) is 0 Å². The molecule has 1 N–H and O–H groups in total. The Morgan fingerprint density at radius 3 is 2.89 bits per heavy atom. The third-order valence-electron chi connectivity index (χ3n) is 3.33. The fraction of sp³-hybridized carbons (Fsp3) is 0.308. The molecule has 1 saturated heterocycles. The van der Waals surface area contributed by atoms with Crippen molar-refractivity contribution in [1.29, 1.82) is 0 Å². The summed E-state index contributed by atoms with van der Waals surface area (Å²) in [5.41, 5.74) is 1.64. The van der Waals surface area contributed by atoms with Crippen LogP contribution in [0.1, 0.15) is 18.0 Å². The fourth-order valence-corrected chi connectivity index (χ4v) is 2.37. The number of halogens is 2. The molecule has 1 unspecified atom stereocenters. The standard InChI is InChI=1S/C13H13F2N3/c14-11-2-1-10(5-12(11)15)18-8-17-7-13(18)9-3-4-16-6-9/h1-2,5,7-9,16H,3-4,6H2. The van der Waals surface area contributed by atoms with Gasteiger partial charge in [-0.2, -0.15) is 0 Å². The van der Waals surface area contributed by atoms with Crippen molar-refractivity contribution in [1.82, 2.24) is 14.9 Å². The van der Waals surface area contributed by atoms with Crippen LogP contribution in [-0.2, 0) is 0 Å². The lowest BCUT2D eigenvalue weighted by Crippen LogP contribution is -2.10. The highest BCUT2D eigenvalue weighted by atomic mass is 19.2. The van der Waals surface area contributed by atoms with Crippen LogP contribution in [0.2, 0.25) is 0 Å². The largest absolute Gasteiger partial charge is 0.316 e. The van der Waals surface area contributed by atoms with Crippen molar-refractivity contribution in [3.63, 3.8) is 0 Å². The Labute approximate surface area is 103 Å². The molecule has 1 aromatic carbocycles. The van der Waals surface area contributed by atoms with Crippen molar-refractivity contribution in [3.05, 3.63) is 48.1 Å². The number of hydrogen-bond donors (Lipinski definition) is 1. The van der Waals surface area contributed by atoms with Crippen LogP contribution in [0, 0.1) is 11.6 Å². The molecule has 3 rings (SSSR count). The van der Waals surface area contributed by atoms with E-state index in [2.05, 4.69) is 10.3 Å². The molecule has 5 heteroatoms. The summed E-state index contributed by atoms with van der Waals surface area (Å²) in [6.45, 7) is 1.88. The van der Waals surface area contributed by atoms with E-state index in [9.17, 15) is 8.78 Å². The van der Waals surface area contributed by atoms with Crippen molar-refractivity contribution in [2.75, 3.05) is 13.1 Å². The van der Waals surface area contributed by atoms with Gasteiger partial charge >= 0.3 is 0 Å². The number of benzene rings is 1. The zero-order chi connectivity index (χ0) is 12.5. The van der Waals surface area contributed by atoms with Gasteiger partial charge in [-0.25, -0.2) is 13.8 Å². The molecule has 0 aliphatic carbocycles. The number of nitrogens with zero attached hydrogens (tertiary/aromatic N) is 2. The van der Waals surface area contributed by atoms with Crippen LogP contribution in [0.4, 0.5) is 8.78 Å². The van der Waals surface area contributed by atoms with Crippen molar-refractivity contribution in [2.24, 2.45) is 0 Å². The molecule has 0 bridgehead atoms. The molecule has 18 heavy (non-hydrogen) atoms. The molecular weight excluding hydrogens is 236 g/mol. The summed E-state index contributed by atoms with van der Waals surface area (Å²) in [5, 5.41) is 3.28. The highest BCUT2D eigenvalue weighted by Gasteiger charge is 2.20. The van der Waals surface area contributed by atoms with Gasteiger partial charge in [0.2, 0.25) is 0 Å². The second-order valence-corrected chi connectivity index (χ2v) is 4.48. The van der Waals surface area contributed by atoms with Crippen LogP contribution in [-0.4, -0.2) is 22.6 Å². The van der Waals surface area contributed by atoms with Gasteiger partial charge in [-0.1, -0.05) is 0 Å². The normalized spacial score (nSPS) is 19.3. The predicted molar refractivity (Wildman–Crippen MR) is 63.7 cm³/mol. The number of nitrogens with one attached hydrogen (secondary N) is 1. The van der Waals surface area contributed by atoms with Gasteiger partial charge in [-0.15, -0.1) is 0 Å². The molecule has 1 aliphatic heterocycles. The van der Waals surface area contributed by atoms with Gasteiger partial charge in [0.25, 0.3) is 0 Å². The summed E-state index contributed by atoms with van der Waals surface area (Å²) in [6, 6.07) is 3.90. The van der Waals surface area contributed by atoms with E-state index in [0.717, 1.165) is 31.3 Å². The maximum absolute atomic E-state index is 13.3. The Kier molecular flexibility index (Phi) is 2.83. The molecule has 2 aromatic rings. The summed E-state index contributed by atoms with van der Waals surface area (Å²) < 4.78 is 28.0. The van der Waals surface area contributed by atoms with E-state index < -0.39 is 11.6 Å². The van der Waals surface area contributed by atoms with Crippen LogP contribution in [0.5, 0.6) is 0 Å². The average molecular weight is 249 g/mol. The van der Waals surface area contributed by atoms with Crippen molar-refractivity contribution in [3.8, 4) is 5.69 Å². The smallest absolute Gasteiger partial charge is 0.160 e. The van der Waals surface area contributed by atoms with Crippen LogP contribution in [0.15, 0.2) is 30.7 Å². The van der Waals surface area contributed by atoms with Gasteiger partial charge in [0.05, 0.1) is 6.33 Å². The minimum absolute atomic E-state index is 0.376. The van der Waals surface area contributed by atoms with Crippen molar-refractivity contribution >= 4 is 0 Å². The third-order valence-corrected chi connectivity index (χ3v) is 3.33. The van der Waals surface area contributed by atoms with E-state index in [1.165, 1.54) is 6.07 Å². The first-order valence-electron chi connectivity index (χ1n) is 5.94. The highest BCUT2D eigenvalue weighted by Crippen LogP contribution is 2.25. The molecule has 1 atom stereocenters. The molecule has 0 spiro atoms. The lowest BCUT2D eigenvalue weighted by molar-refractivity contribution is 0.507. The lowest BCUT2D eigenvalue weighted by atomic mass is 10.1. The van der Waals surface area contributed by atoms with Gasteiger partial charge in [0.1, 0.15) is 0 Å². The Bertz CT molecular complexity index is 559. The highest BCUT2D eigenvalue weighted by molar-refractivity contribution is 5.35. The minimum Gasteiger partial charge on any atom is -0.316 e. The Hall–Kier alpha value is -1.75. The number of hydrogen-bond acceptors (Lipinski definition) is 2. The SMILES string of the molecule is Fc1ccc(-n2cncc2C2CCNC2)cc1F. The second-order valence-electron chi connectivity index (χ2n) is 4.48. The Morgan fingerprint density at radius 1 is 1.28 bits per heavy atom. The molecule has 1 fully saturated rings. The van der Waals surface area contributed by atoms with Crippen LogP contribution in [0.25, 0.3) is 5.69 Å². The van der Waals surface area contributed by atoms with E-state index >= 15 is 0 Å². The number of aromatic nitrogens is 2. The van der Waals surface area contributed by atoms with Gasteiger partial charge in [-0.05, 0) is 25.1 Å². The molecule has 1 aliphatic rings. The van der Waals surface area contributed by atoms with E-state index in [1.54, 1.807) is 18.6 Å². The quantitative estimate of drug-likeness (QED) is 0.884. The van der Waals surface area contributed by atoms with Crippen LogP contribution >= 0.6 is 0 Å². The Balaban J connectivity index is 2.00. The summed E-state index contributed by atoms with van der Waals surface area (Å²) in [6.07, 6.45) is 4.47. The molecule has 3 nitrogen and oxygen atoms in total. The molecule has 0 saturated carbocycles. The van der Waals surface area contributed by atoms with Crippen molar-refractivity contribution in [2.45, 2.75) is 12.3 Å². The topological polar surface area (TPSA) is 29.9 Å². The minimum atomic E-state index is -0.836. The molecule has 0 radical (unpaired) electrons. The van der Waals surface area contributed by atoms with Crippen LogP contribution < -0.4 is 5.32 Å². The molecule has 0 amide bonds. The molecule has 2 heterocycles. The first kappa shape index (κ1) is 11.3. The molecule has 94 valence electrons. The third kappa shape index (κ3) is 1.90. The van der Waals surface area contributed by atoms with E-state index in [-0.39, 0.29) is 0 Å². The van der Waals surface area contributed by atoms with E-state index in [0.29, 0.717) is 11.6 Å². The predicted octanol–water partition coefficient (Wildman–Crippen LogP) is 2.23. The zero-order valence-electron chi connectivity index (χ0n) is 9.74. The van der Waals surface area contributed by atoms with Gasteiger partial charge in [-0.3, -0.25) is 0 Å². The lowest BCUT2D eigenvalue weighted by Gasteiger charge is -2.12. The second kappa shape index (κ2) is 4.49. The number of imidazole rings is 1. The van der Waals surface area contributed by atoms with Crippen molar-refractivity contribution < 1.29 is 8.78 Å². The summed E-state index contributed by atoms with van der Waals surface area (Å²) in [4.78, 5) is 4.11. The van der Waals surface area contributed by atoms with E-state index in [1.807, 2.05) is 4.57 Å². The summed E-state index contributed by atoms with van der Waals surface area (Å²) >= 11 is 0. The number of rotatable bonds is 2. The monoisotopic (exact) mass is 249 g/mol. The van der Waals surface area contributed by atoms with Gasteiger partial charge < -0.3 is 9.88 Å². The van der Waals surface area contributed by atoms with Gasteiger partial charge in [0, 0.05) is 36.1 Å². The fourth-order valence-electron chi connectivity index (χ4n) is 2.37. The Morgan fingerprint density at radius 2 is 2.17 bits per heavy atom. The zero-order valence-corrected chi connectivity index (χ0v) is 9.74. The maximum atomic E-state index is 13.3. The first-order chi connectivity index (χ1) is 8.75. The summed E-state index contributed by atoms with van der Waals surface area (Å²) in [5.74, 6) is -1.29. The van der Waals surface area contributed by atoms with E-state index in [4.69, 9.17) is 0 Å². The maximum Gasteiger partial charge on any atom is 0.160 e. The average Bonchev–Trinajstić information content (AvgIpc) is 3.00. The molecular formula is C13H13F2N3.